The minimum absolute atomic E-state index is 0.275. The Bertz CT molecular complexity index is 907. The first-order chi connectivity index (χ1) is 12.9. The van der Waals surface area contributed by atoms with E-state index in [1.807, 2.05) is 44.2 Å². The first-order valence-electron chi connectivity index (χ1n) is 8.68. The van der Waals surface area contributed by atoms with Gasteiger partial charge < -0.3 is 20.7 Å². The van der Waals surface area contributed by atoms with Gasteiger partial charge in [0.1, 0.15) is 11.7 Å². The predicted molar refractivity (Wildman–Crippen MR) is 105 cm³/mol. The quantitative estimate of drug-likeness (QED) is 0.777. The predicted octanol–water partition coefficient (Wildman–Crippen LogP) is 3.43. The van der Waals surface area contributed by atoms with Crippen molar-refractivity contribution in [2.75, 3.05) is 12.4 Å². The maximum atomic E-state index is 13.1. The van der Waals surface area contributed by atoms with Crippen LogP contribution in [0.25, 0.3) is 0 Å². The summed E-state index contributed by atoms with van der Waals surface area (Å²) in [5, 5.41) is 8.39. The lowest BCUT2D eigenvalue weighted by molar-refractivity contribution is -0.119. The van der Waals surface area contributed by atoms with Crippen LogP contribution in [-0.4, -0.2) is 19.0 Å². The SMILES string of the molecule is C=C1NC(=O)N[C@H](c2cc(C)ccc2C)[C@@H]1C(=O)Nc1ccccc1OC. The molecular weight excluding hydrogens is 342 g/mol. The summed E-state index contributed by atoms with van der Waals surface area (Å²) in [7, 11) is 1.55. The van der Waals surface area contributed by atoms with E-state index in [2.05, 4.69) is 22.5 Å². The first kappa shape index (κ1) is 18.5. The van der Waals surface area contributed by atoms with Gasteiger partial charge in [0.05, 0.1) is 18.8 Å². The van der Waals surface area contributed by atoms with E-state index >= 15 is 0 Å². The van der Waals surface area contributed by atoms with Gasteiger partial charge in [-0.1, -0.05) is 42.5 Å². The topological polar surface area (TPSA) is 79.5 Å². The molecule has 0 aromatic heterocycles. The summed E-state index contributed by atoms with van der Waals surface area (Å²) >= 11 is 0. The Kier molecular flexibility index (Phi) is 5.16. The first-order valence-corrected chi connectivity index (χ1v) is 8.68. The molecule has 2 aromatic rings. The number of amides is 3. The molecule has 1 saturated heterocycles. The fourth-order valence-corrected chi connectivity index (χ4v) is 3.31. The Morgan fingerprint density at radius 1 is 1.19 bits per heavy atom. The molecule has 3 N–H and O–H groups in total. The smallest absolute Gasteiger partial charge is 0.319 e. The Balaban J connectivity index is 1.96. The van der Waals surface area contributed by atoms with Crippen LogP contribution < -0.4 is 20.7 Å². The van der Waals surface area contributed by atoms with Crippen LogP contribution in [0, 0.1) is 19.8 Å². The lowest BCUT2D eigenvalue weighted by atomic mass is 9.85. The van der Waals surface area contributed by atoms with Crippen LogP contribution >= 0.6 is 0 Å². The van der Waals surface area contributed by atoms with Gasteiger partial charge in [-0.2, -0.15) is 0 Å². The lowest BCUT2D eigenvalue weighted by Gasteiger charge is -2.34. The van der Waals surface area contributed by atoms with Crippen LogP contribution in [0.2, 0.25) is 0 Å². The number of anilines is 1. The second kappa shape index (κ2) is 7.53. The van der Waals surface area contributed by atoms with Crippen LogP contribution in [0.4, 0.5) is 10.5 Å². The fraction of sp³-hybridized carbons (Fsp3) is 0.238. The van der Waals surface area contributed by atoms with Gasteiger partial charge in [0, 0.05) is 5.70 Å². The normalized spacial score (nSPS) is 19.1. The number of hydrogen-bond donors (Lipinski definition) is 3. The van der Waals surface area contributed by atoms with Gasteiger partial charge in [-0.05, 0) is 37.1 Å². The van der Waals surface area contributed by atoms with Crippen molar-refractivity contribution in [3.05, 3.63) is 71.4 Å². The van der Waals surface area contributed by atoms with Gasteiger partial charge in [0.2, 0.25) is 5.91 Å². The highest BCUT2D eigenvalue weighted by molar-refractivity contribution is 5.98. The van der Waals surface area contributed by atoms with Crippen LogP contribution in [0.3, 0.4) is 0 Å². The Labute approximate surface area is 158 Å². The van der Waals surface area contributed by atoms with Crippen LogP contribution in [0.1, 0.15) is 22.7 Å². The van der Waals surface area contributed by atoms with Crippen molar-refractivity contribution in [2.24, 2.45) is 5.92 Å². The largest absolute Gasteiger partial charge is 0.495 e. The molecule has 140 valence electrons. The third-order valence-electron chi connectivity index (χ3n) is 4.69. The number of aryl methyl sites for hydroxylation is 2. The second-order valence-electron chi connectivity index (χ2n) is 6.63. The number of carbonyl (C=O) groups is 2. The molecule has 1 aliphatic rings. The van der Waals surface area contributed by atoms with E-state index in [1.54, 1.807) is 19.2 Å². The van der Waals surface area contributed by atoms with Gasteiger partial charge in [0.25, 0.3) is 0 Å². The minimum Gasteiger partial charge on any atom is -0.495 e. The van der Waals surface area contributed by atoms with E-state index < -0.39 is 12.0 Å². The summed E-state index contributed by atoms with van der Waals surface area (Å²) in [5.74, 6) is -0.386. The summed E-state index contributed by atoms with van der Waals surface area (Å²) < 4.78 is 5.30. The summed E-state index contributed by atoms with van der Waals surface area (Å²) in [6.45, 7) is 7.85. The Hall–Kier alpha value is -3.28. The molecule has 0 spiro atoms. The third-order valence-corrected chi connectivity index (χ3v) is 4.69. The molecule has 0 radical (unpaired) electrons. The van der Waals surface area contributed by atoms with Crippen molar-refractivity contribution in [1.82, 2.24) is 10.6 Å². The van der Waals surface area contributed by atoms with Crippen molar-refractivity contribution in [3.63, 3.8) is 0 Å². The average Bonchev–Trinajstić information content (AvgIpc) is 2.63. The highest BCUT2D eigenvalue weighted by Gasteiger charge is 2.38. The van der Waals surface area contributed by atoms with Gasteiger partial charge >= 0.3 is 6.03 Å². The van der Waals surface area contributed by atoms with Gasteiger partial charge in [-0.15, -0.1) is 0 Å². The monoisotopic (exact) mass is 365 g/mol. The van der Waals surface area contributed by atoms with E-state index in [-0.39, 0.29) is 11.9 Å². The molecule has 0 bridgehead atoms. The maximum Gasteiger partial charge on any atom is 0.319 e. The van der Waals surface area contributed by atoms with Crippen LogP contribution in [0.15, 0.2) is 54.7 Å². The van der Waals surface area contributed by atoms with Crippen molar-refractivity contribution >= 4 is 17.6 Å². The number of hydrogen-bond acceptors (Lipinski definition) is 3. The molecule has 2 atom stereocenters. The minimum atomic E-state index is -0.673. The van der Waals surface area contributed by atoms with Crippen molar-refractivity contribution < 1.29 is 14.3 Å². The number of ether oxygens (including phenoxy) is 1. The second-order valence-corrected chi connectivity index (χ2v) is 6.63. The molecule has 0 aliphatic carbocycles. The number of para-hydroxylation sites is 2. The highest BCUT2D eigenvalue weighted by Crippen LogP contribution is 2.33. The van der Waals surface area contributed by atoms with Gasteiger partial charge in [0.15, 0.2) is 0 Å². The number of nitrogens with one attached hydrogen (secondary N) is 3. The van der Waals surface area contributed by atoms with Crippen molar-refractivity contribution in [3.8, 4) is 5.75 Å². The molecule has 6 nitrogen and oxygen atoms in total. The van der Waals surface area contributed by atoms with Crippen LogP contribution in [0.5, 0.6) is 5.75 Å². The van der Waals surface area contributed by atoms with E-state index in [4.69, 9.17) is 4.74 Å². The van der Waals surface area contributed by atoms with E-state index in [0.29, 0.717) is 17.1 Å². The number of rotatable bonds is 4. The molecule has 1 fully saturated rings. The van der Waals surface area contributed by atoms with Gasteiger partial charge in [-0.3, -0.25) is 4.79 Å². The standard InChI is InChI=1S/C21H23N3O3/c1-12-9-10-13(2)15(11-12)19-18(14(3)22-21(26)24-19)20(25)23-16-7-5-6-8-17(16)27-4/h5-11,18-19H,3H2,1-2,4H3,(H,23,25)(H2,22,24,26)/t18-,19-/m1/s1. The summed E-state index contributed by atoms with van der Waals surface area (Å²) in [6.07, 6.45) is 0. The molecule has 6 heteroatoms. The zero-order valence-corrected chi connectivity index (χ0v) is 15.6. The van der Waals surface area contributed by atoms with E-state index in [9.17, 15) is 9.59 Å². The average molecular weight is 365 g/mol. The highest BCUT2D eigenvalue weighted by atomic mass is 16.5. The number of benzene rings is 2. The van der Waals surface area contributed by atoms with Crippen molar-refractivity contribution in [2.45, 2.75) is 19.9 Å². The molecule has 2 aromatic carbocycles. The number of carbonyl (C=O) groups excluding carboxylic acids is 2. The maximum absolute atomic E-state index is 13.1. The van der Waals surface area contributed by atoms with E-state index in [1.165, 1.54) is 0 Å². The lowest BCUT2D eigenvalue weighted by Crippen LogP contribution is -2.52. The zero-order valence-electron chi connectivity index (χ0n) is 15.6. The molecule has 0 unspecified atom stereocenters. The van der Waals surface area contributed by atoms with E-state index in [0.717, 1.165) is 16.7 Å². The molecule has 27 heavy (non-hydrogen) atoms. The molecule has 1 heterocycles. The van der Waals surface area contributed by atoms with Gasteiger partial charge in [-0.25, -0.2) is 4.79 Å². The van der Waals surface area contributed by atoms with Crippen LogP contribution in [-0.2, 0) is 4.79 Å². The Morgan fingerprint density at radius 2 is 1.93 bits per heavy atom. The zero-order chi connectivity index (χ0) is 19.6. The fourth-order valence-electron chi connectivity index (χ4n) is 3.31. The molecule has 0 saturated carbocycles. The summed E-state index contributed by atoms with van der Waals surface area (Å²) in [4.78, 5) is 25.2. The molecule has 1 aliphatic heterocycles. The summed E-state index contributed by atoms with van der Waals surface area (Å²) in [5.41, 5.74) is 3.87. The summed E-state index contributed by atoms with van der Waals surface area (Å²) in [6, 6.07) is 12.3. The number of urea groups is 1. The molecular formula is C21H23N3O3. The van der Waals surface area contributed by atoms with Crippen molar-refractivity contribution in [1.29, 1.82) is 0 Å². The third kappa shape index (κ3) is 3.79. The Morgan fingerprint density at radius 3 is 2.67 bits per heavy atom. The number of methoxy groups -OCH3 is 1. The molecule has 3 amide bonds. The molecule has 3 rings (SSSR count).